The second-order valence-corrected chi connectivity index (χ2v) is 6.48. The van der Waals surface area contributed by atoms with Gasteiger partial charge in [-0.2, -0.15) is 0 Å². The Labute approximate surface area is 149 Å². The summed E-state index contributed by atoms with van der Waals surface area (Å²) in [4.78, 5) is 11.8. The second kappa shape index (κ2) is 9.33. The Morgan fingerprint density at radius 3 is 2.72 bits per heavy atom. The van der Waals surface area contributed by atoms with E-state index in [4.69, 9.17) is 21.0 Å². The number of terminal acetylenes is 1. The highest BCUT2D eigenvalue weighted by Gasteiger charge is 2.20. The number of carbonyl (C=O) groups excluding carboxylic acids is 1. The number of benzene rings is 1. The van der Waals surface area contributed by atoms with Crippen LogP contribution in [-0.4, -0.2) is 37.4 Å². The summed E-state index contributed by atoms with van der Waals surface area (Å²) in [6, 6.07) is 5.65. The van der Waals surface area contributed by atoms with Crippen molar-refractivity contribution in [2.75, 3.05) is 20.3 Å². The summed E-state index contributed by atoms with van der Waals surface area (Å²) >= 11 is 0. The lowest BCUT2D eigenvalue weighted by atomic mass is 9.99. The van der Waals surface area contributed by atoms with Gasteiger partial charge >= 0.3 is 0 Å². The fourth-order valence-corrected chi connectivity index (χ4v) is 2.92. The van der Waals surface area contributed by atoms with Crippen molar-refractivity contribution < 1.29 is 19.4 Å². The van der Waals surface area contributed by atoms with Crippen LogP contribution in [0.5, 0.6) is 11.5 Å². The number of hydrogen-bond acceptors (Lipinski definition) is 4. The number of nitrogens with one attached hydrogen (secondary N) is 1. The first-order chi connectivity index (χ1) is 12.1. The average Bonchev–Trinajstić information content (AvgIpc) is 3.14. The third kappa shape index (κ3) is 5.14. The standard InChI is InChI=1S/C20H27NO4/c1-4-15(12-21-20(23)14(2)13-22)16-9-10-18(24-3)19(11-16)25-17-7-5-6-8-17/h1,9-11,14-15,17,22H,5-8,12-13H2,2-3H3,(H,21,23)/t14-,15?/m0/s1. The normalized spacial score (nSPS) is 16.7. The van der Waals surface area contributed by atoms with Gasteiger partial charge in [-0.05, 0) is 43.4 Å². The van der Waals surface area contributed by atoms with Crippen LogP contribution < -0.4 is 14.8 Å². The van der Waals surface area contributed by atoms with Crippen molar-refractivity contribution in [1.29, 1.82) is 0 Å². The van der Waals surface area contributed by atoms with E-state index in [-0.39, 0.29) is 24.5 Å². The van der Waals surface area contributed by atoms with Gasteiger partial charge in [0.05, 0.1) is 31.7 Å². The van der Waals surface area contributed by atoms with Gasteiger partial charge in [-0.3, -0.25) is 4.79 Å². The SMILES string of the molecule is C#CC(CNC(=O)[C@@H](C)CO)c1ccc(OC)c(OC2CCCC2)c1. The summed E-state index contributed by atoms with van der Waals surface area (Å²) < 4.78 is 11.5. The van der Waals surface area contributed by atoms with E-state index < -0.39 is 5.92 Å². The van der Waals surface area contributed by atoms with Crippen LogP contribution in [0.15, 0.2) is 18.2 Å². The number of rotatable bonds is 8. The topological polar surface area (TPSA) is 67.8 Å². The largest absolute Gasteiger partial charge is 0.493 e. The third-order valence-electron chi connectivity index (χ3n) is 4.59. The van der Waals surface area contributed by atoms with Crippen LogP contribution in [0.2, 0.25) is 0 Å². The maximum absolute atomic E-state index is 11.8. The van der Waals surface area contributed by atoms with Gasteiger partial charge in [0.15, 0.2) is 11.5 Å². The van der Waals surface area contributed by atoms with Crippen LogP contribution in [-0.2, 0) is 4.79 Å². The van der Waals surface area contributed by atoms with Crippen LogP contribution >= 0.6 is 0 Å². The summed E-state index contributed by atoms with van der Waals surface area (Å²) in [5.74, 6) is 3.17. The van der Waals surface area contributed by atoms with Gasteiger partial charge in [-0.15, -0.1) is 6.42 Å². The summed E-state index contributed by atoms with van der Waals surface area (Å²) in [7, 11) is 1.62. The summed E-state index contributed by atoms with van der Waals surface area (Å²) in [5, 5.41) is 11.8. The monoisotopic (exact) mass is 345 g/mol. The molecule has 1 aromatic rings. The minimum Gasteiger partial charge on any atom is -0.493 e. The van der Waals surface area contributed by atoms with Crippen molar-refractivity contribution in [2.45, 2.75) is 44.6 Å². The van der Waals surface area contributed by atoms with E-state index in [1.165, 1.54) is 12.8 Å². The molecule has 0 aliphatic heterocycles. The minimum atomic E-state index is -0.449. The number of carbonyl (C=O) groups is 1. The molecule has 0 aromatic heterocycles. The lowest BCUT2D eigenvalue weighted by Gasteiger charge is -2.19. The number of methoxy groups -OCH3 is 1. The Balaban J connectivity index is 2.10. The quantitative estimate of drug-likeness (QED) is 0.710. The van der Waals surface area contributed by atoms with Gasteiger partial charge < -0.3 is 19.9 Å². The fourth-order valence-electron chi connectivity index (χ4n) is 2.92. The maximum atomic E-state index is 11.8. The molecule has 1 fully saturated rings. The molecule has 1 aliphatic rings. The predicted molar refractivity (Wildman–Crippen MR) is 96.7 cm³/mol. The Hall–Kier alpha value is -2.19. The van der Waals surface area contributed by atoms with E-state index in [0.29, 0.717) is 18.0 Å². The summed E-state index contributed by atoms with van der Waals surface area (Å²) in [5.41, 5.74) is 0.897. The van der Waals surface area contributed by atoms with Crippen molar-refractivity contribution in [3.8, 4) is 23.8 Å². The van der Waals surface area contributed by atoms with Crippen molar-refractivity contribution in [1.82, 2.24) is 5.32 Å². The first-order valence-corrected chi connectivity index (χ1v) is 8.78. The van der Waals surface area contributed by atoms with Gasteiger partial charge in [0.1, 0.15) is 0 Å². The fraction of sp³-hybridized carbons (Fsp3) is 0.550. The first-order valence-electron chi connectivity index (χ1n) is 8.78. The van der Waals surface area contributed by atoms with Gasteiger partial charge in [0.25, 0.3) is 0 Å². The molecule has 1 unspecified atom stereocenters. The Morgan fingerprint density at radius 1 is 1.40 bits per heavy atom. The molecular formula is C20H27NO4. The van der Waals surface area contributed by atoms with E-state index in [0.717, 1.165) is 18.4 Å². The van der Waals surface area contributed by atoms with Gasteiger partial charge in [0.2, 0.25) is 5.91 Å². The number of ether oxygens (including phenoxy) is 2. The Morgan fingerprint density at radius 2 is 2.12 bits per heavy atom. The molecule has 25 heavy (non-hydrogen) atoms. The summed E-state index contributed by atoms with van der Waals surface area (Å²) in [6.45, 7) is 1.80. The van der Waals surface area contributed by atoms with Gasteiger partial charge in [-0.1, -0.05) is 18.9 Å². The molecule has 0 radical (unpaired) electrons. The van der Waals surface area contributed by atoms with E-state index >= 15 is 0 Å². The highest BCUT2D eigenvalue weighted by molar-refractivity contribution is 5.78. The molecule has 2 N–H and O–H groups in total. The molecule has 1 saturated carbocycles. The van der Waals surface area contributed by atoms with Crippen molar-refractivity contribution >= 4 is 5.91 Å². The maximum Gasteiger partial charge on any atom is 0.225 e. The van der Waals surface area contributed by atoms with E-state index in [1.54, 1.807) is 14.0 Å². The van der Waals surface area contributed by atoms with Gasteiger partial charge in [0, 0.05) is 6.54 Å². The molecule has 5 heteroatoms. The van der Waals surface area contributed by atoms with Crippen LogP contribution in [0.25, 0.3) is 0 Å². The lowest BCUT2D eigenvalue weighted by Crippen LogP contribution is -2.33. The molecule has 0 saturated heterocycles. The zero-order chi connectivity index (χ0) is 18.2. The number of amides is 1. The Kier molecular flexibility index (Phi) is 7.15. The molecule has 0 heterocycles. The molecule has 0 bridgehead atoms. The van der Waals surface area contributed by atoms with Crippen LogP contribution in [0.3, 0.4) is 0 Å². The smallest absolute Gasteiger partial charge is 0.225 e. The second-order valence-electron chi connectivity index (χ2n) is 6.48. The molecule has 1 amide bonds. The number of aliphatic hydroxyl groups excluding tert-OH is 1. The molecule has 2 rings (SSSR count). The molecule has 1 aliphatic carbocycles. The summed E-state index contributed by atoms with van der Waals surface area (Å²) in [6.07, 6.45) is 10.4. The molecule has 136 valence electrons. The van der Waals surface area contributed by atoms with E-state index in [9.17, 15) is 4.79 Å². The number of aliphatic hydroxyl groups is 1. The first kappa shape index (κ1) is 19.1. The molecule has 1 aromatic carbocycles. The van der Waals surface area contributed by atoms with Crippen LogP contribution in [0.4, 0.5) is 0 Å². The molecular weight excluding hydrogens is 318 g/mol. The zero-order valence-corrected chi connectivity index (χ0v) is 15.0. The van der Waals surface area contributed by atoms with E-state index in [2.05, 4.69) is 11.2 Å². The Bertz CT molecular complexity index is 617. The van der Waals surface area contributed by atoms with Crippen LogP contribution in [0, 0.1) is 18.3 Å². The molecule has 2 atom stereocenters. The van der Waals surface area contributed by atoms with Crippen molar-refractivity contribution in [3.63, 3.8) is 0 Å². The zero-order valence-electron chi connectivity index (χ0n) is 15.0. The number of hydrogen-bond donors (Lipinski definition) is 2. The van der Waals surface area contributed by atoms with E-state index in [1.807, 2.05) is 18.2 Å². The predicted octanol–water partition coefficient (Wildman–Crippen LogP) is 2.48. The highest BCUT2D eigenvalue weighted by atomic mass is 16.5. The minimum absolute atomic E-state index is 0.186. The van der Waals surface area contributed by atoms with Crippen LogP contribution in [0.1, 0.15) is 44.1 Å². The lowest BCUT2D eigenvalue weighted by molar-refractivity contribution is -0.125. The average molecular weight is 345 g/mol. The van der Waals surface area contributed by atoms with Crippen molar-refractivity contribution in [3.05, 3.63) is 23.8 Å². The van der Waals surface area contributed by atoms with Crippen molar-refractivity contribution in [2.24, 2.45) is 5.92 Å². The molecule has 5 nitrogen and oxygen atoms in total. The highest BCUT2D eigenvalue weighted by Crippen LogP contribution is 2.34. The molecule has 0 spiro atoms. The third-order valence-corrected chi connectivity index (χ3v) is 4.59. The van der Waals surface area contributed by atoms with Gasteiger partial charge in [-0.25, -0.2) is 0 Å².